The molecule has 1 N–H and O–H groups in total. The Morgan fingerprint density at radius 3 is 1.94 bits per heavy atom. The molecule has 4 heteroatoms. The highest BCUT2D eigenvalue weighted by Crippen LogP contribution is 2.17. The zero-order chi connectivity index (χ0) is 13.2. The zero-order valence-corrected chi connectivity index (χ0v) is 11.7. The molecule has 0 spiro atoms. The van der Waals surface area contributed by atoms with Crippen LogP contribution in [0.25, 0.3) is 0 Å². The number of nitrogens with zero attached hydrogens (tertiary/aromatic N) is 2. The van der Waals surface area contributed by atoms with E-state index in [1.807, 2.05) is 13.8 Å². The molecule has 1 aliphatic heterocycles. The second kappa shape index (κ2) is 5.36. The average Bonchev–Trinajstić information content (AvgIpc) is 2.26. The molecule has 0 radical (unpaired) electrons. The lowest BCUT2D eigenvalue weighted by Crippen LogP contribution is -2.56. The van der Waals surface area contributed by atoms with Gasteiger partial charge in [-0.25, -0.2) is 0 Å². The van der Waals surface area contributed by atoms with E-state index in [0.717, 1.165) is 26.2 Å². The lowest BCUT2D eigenvalue weighted by Gasteiger charge is -2.42. The van der Waals surface area contributed by atoms with Crippen LogP contribution in [0.5, 0.6) is 0 Å². The van der Waals surface area contributed by atoms with Gasteiger partial charge in [0, 0.05) is 31.7 Å². The van der Waals surface area contributed by atoms with Crippen LogP contribution in [0.4, 0.5) is 0 Å². The Bertz CT molecular complexity index is 263. The lowest BCUT2D eigenvalue weighted by molar-refractivity contribution is -0.144. The largest absolute Gasteiger partial charge is 0.383 e. The van der Waals surface area contributed by atoms with E-state index in [0.29, 0.717) is 0 Å². The third-order valence-corrected chi connectivity index (χ3v) is 3.42. The van der Waals surface area contributed by atoms with E-state index in [1.54, 1.807) is 4.90 Å². The van der Waals surface area contributed by atoms with Crippen LogP contribution in [0.15, 0.2) is 0 Å². The van der Waals surface area contributed by atoms with Gasteiger partial charge in [-0.15, -0.1) is 0 Å². The monoisotopic (exact) mass is 242 g/mol. The molecule has 1 atom stereocenters. The topological polar surface area (TPSA) is 43.8 Å². The number of aliphatic hydroxyl groups is 1. The number of amides is 1. The van der Waals surface area contributed by atoms with E-state index in [1.165, 1.54) is 0 Å². The van der Waals surface area contributed by atoms with Gasteiger partial charge in [0.2, 0.25) is 0 Å². The molecule has 1 rings (SSSR count). The Balaban J connectivity index is 2.50. The summed E-state index contributed by atoms with van der Waals surface area (Å²) < 4.78 is 0. The Labute approximate surface area is 105 Å². The van der Waals surface area contributed by atoms with Crippen molar-refractivity contribution in [2.75, 3.05) is 26.2 Å². The standard InChI is InChI=1S/C13H26N2O2/c1-10(2)11(16)12(17)14-6-8-15(9-7-14)13(3,4)5/h10-11,16H,6-9H2,1-5H3. The molecule has 0 aliphatic carbocycles. The molecule has 0 aromatic heterocycles. The van der Waals surface area contributed by atoms with Crippen molar-refractivity contribution in [2.45, 2.75) is 46.3 Å². The SMILES string of the molecule is CC(C)C(O)C(=O)N1CCN(C(C)(C)C)CC1. The molecule has 1 fully saturated rings. The number of carbonyl (C=O) groups excluding carboxylic acids is 1. The van der Waals surface area contributed by atoms with Gasteiger partial charge in [0.15, 0.2) is 0 Å². The maximum absolute atomic E-state index is 12.0. The molecule has 0 aromatic carbocycles. The van der Waals surface area contributed by atoms with Crippen molar-refractivity contribution in [3.63, 3.8) is 0 Å². The zero-order valence-electron chi connectivity index (χ0n) is 11.7. The summed E-state index contributed by atoms with van der Waals surface area (Å²) in [5, 5.41) is 9.77. The summed E-state index contributed by atoms with van der Waals surface area (Å²) in [5.74, 6) is -0.128. The molecule has 1 heterocycles. The predicted octanol–water partition coefficient (Wildman–Crippen LogP) is 0.946. The Morgan fingerprint density at radius 2 is 1.59 bits per heavy atom. The molecule has 1 amide bonds. The van der Waals surface area contributed by atoms with Gasteiger partial charge in [0.25, 0.3) is 5.91 Å². The highest BCUT2D eigenvalue weighted by Gasteiger charge is 2.30. The predicted molar refractivity (Wildman–Crippen MR) is 68.8 cm³/mol. The van der Waals surface area contributed by atoms with Crippen LogP contribution in [0.2, 0.25) is 0 Å². The maximum atomic E-state index is 12.0. The van der Waals surface area contributed by atoms with Gasteiger partial charge < -0.3 is 10.0 Å². The Hall–Kier alpha value is -0.610. The summed E-state index contributed by atoms with van der Waals surface area (Å²) in [6, 6.07) is 0. The molecule has 0 aromatic rings. The fraction of sp³-hybridized carbons (Fsp3) is 0.923. The summed E-state index contributed by atoms with van der Waals surface area (Å²) in [6.45, 7) is 13.5. The molecule has 100 valence electrons. The van der Waals surface area contributed by atoms with Crippen molar-refractivity contribution in [1.82, 2.24) is 9.80 Å². The minimum atomic E-state index is -0.851. The number of carbonyl (C=O) groups is 1. The van der Waals surface area contributed by atoms with Crippen molar-refractivity contribution in [3.8, 4) is 0 Å². The smallest absolute Gasteiger partial charge is 0.251 e. The van der Waals surface area contributed by atoms with Crippen molar-refractivity contribution in [3.05, 3.63) is 0 Å². The molecule has 0 bridgehead atoms. The number of aliphatic hydroxyl groups excluding tert-OH is 1. The van der Waals surface area contributed by atoms with Gasteiger partial charge in [0.05, 0.1) is 0 Å². The molecule has 1 saturated heterocycles. The third kappa shape index (κ3) is 3.68. The Kier molecular flexibility index (Phi) is 4.55. The van der Waals surface area contributed by atoms with Crippen LogP contribution >= 0.6 is 0 Å². The van der Waals surface area contributed by atoms with E-state index in [2.05, 4.69) is 25.7 Å². The van der Waals surface area contributed by atoms with E-state index >= 15 is 0 Å². The van der Waals surface area contributed by atoms with Gasteiger partial charge in [0.1, 0.15) is 6.10 Å². The van der Waals surface area contributed by atoms with Crippen LogP contribution < -0.4 is 0 Å². The minimum Gasteiger partial charge on any atom is -0.383 e. The van der Waals surface area contributed by atoms with Crippen LogP contribution in [0, 0.1) is 5.92 Å². The second-order valence-corrected chi connectivity index (χ2v) is 6.17. The summed E-state index contributed by atoms with van der Waals surface area (Å²) >= 11 is 0. The molecule has 1 aliphatic rings. The molecule has 4 nitrogen and oxygen atoms in total. The first-order valence-electron chi connectivity index (χ1n) is 6.45. The fourth-order valence-corrected chi connectivity index (χ4v) is 2.07. The summed E-state index contributed by atoms with van der Waals surface area (Å²) in [5.41, 5.74) is 0.159. The summed E-state index contributed by atoms with van der Waals surface area (Å²) in [6.07, 6.45) is -0.851. The average molecular weight is 242 g/mol. The third-order valence-electron chi connectivity index (χ3n) is 3.42. The summed E-state index contributed by atoms with van der Waals surface area (Å²) in [4.78, 5) is 16.1. The number of piperazine rings is 1. The van der Waals surface area contributed by atoms with Gasteiger partial charge in [-0.1, -0.05) is 13.8 Å². The minimum absolute atomic E-state index is 0.0110. The van der Waals surface area contributed by atoms with E-state index in [9.17, 15) is 9.90 Å². The van der Waals surface area contributed by atoms with Gasteiger partial charge >= 0.3 is 0 Å². The maximum Gasteiger partial charge on any atom is 0.251 e. The molecular formula is C13H26N2O2. The van der Waals surface area contributed by atoms with Crippen molar-refractivity contribution >= 4 is 5.91 Å². The first-order chi connectivity index (χ1) is 7.73. The highest BCUT2D eigenvalue weighted by atomic mass is 16.3. The van der Waals surface area contributed by atoms with E-state index < -0.39 is 6.10 Å². The quantitative estimate of drug-likeness (QED) is 0.784. The highest BCUT2D eigenvalue weighted by molar-refractivity contribution is 5.81. The lowest BCUT2D eigenvalue weighted by atomic mass is 10.0. The van der Waals surface area contributed by atoms with E-state index in [4.69, 9.17) is 0 Å². The van der Waals surface area contributed by atoms with Crippen LogP contribution in [-0.2, 0) is 4.79 Å². The number of rotatable bonds is 2. The first-order valence-corrected chi connectivity index (χ1v) is 6.45. The molecule has 17 heavy (non-hydrogen) atoms. The molecular weight excluding hydrogens is 216 g/mol. The van der Waals surface area contributed by atoms with Crippen LogP contribution in [-0.4, -0.2) is 58.6 Å². The van der Waals surface area contributed by atoms with E-state index in [-0.39, 0.29) is 17.4 Å². The van der Waals surface area contributed by atoms with Gasteiger partial charge in [-0.2, -0.15) is 0 Å². The number of hydrogen-bond acceptors (Lipinski definition) is 3. The van der Waals surface area contributed by atoms with Crippen LogP contribution in [0.1, 0.15) is 34.6 Å². The first kappa shape index (κ1) is 14.5. The summed E-state index contributed by atoms with van der Waals surface area (Å²) in [7, 11) is 0. The van der Waals surface area contributed by atoms with Crippen molar-refractivity contribution < 1.29 is 9.90 Å². The van der Waals surface area contributed by atoms with Crippen LogP contribution in [0.3, 0.4) is 0 Å². The van der Waals surface area contributed by atoms with Crippen molar-refractivity contribution in [1.29, 1.82) is 0 Å². The normalized spacial score (nSPS) is 20.8. The molecule has 0 saturated carbocycles. The van der Waals surface area contributed by atoms with Gasteiger partial charge in [-0.3, -0.25) is 9.69 Å². The molecule has 1 unspecified atom stereocenters. The second-order valence-electron chi connectivity index (χ2n) is 6.17. The Morgan fingerprint density at radius 1 is 1.12 bits per heavy atom. The number of hydrogen-bond donors (Lipinski definition) is 1. The fourth-order valence-electron chi connectivity index (χ4n) is 2.07. The van der Waals surface area contributed by atoms with Gasteiger partial charge in [-0.05, 0) is 26.7 Å². The van der Waals surface area contributed by atoms with Crippen molar-refractivity contribution in [2.24, 2.45) is 5.92 Å².